The molecule has 0 radical (unpaired) electrons. The van der Waals surface area contributed by atoms with Gasteiger partial charge in [-0.3, -0.25) is 9.69 Å². The summed E-state index contributed by atoms with van der Waals surface area (Å²) >= 11 is 0. The van der Waals surface area contributed by atoms with E-state index in [4.69, 9.17) is 5.26 Å². The van der Waals surface area contributed by atoms with Crippen molar-refractivity contribution in [2.75, 3.05) is 13.1 Å². The van der Waals surface area contributed by atoms with Gasteiger partial charge in [-0.25, -0.2) is 8.78 Å². The Labute approximate surface area is 163 Å². The van der Waals surface area contributed by atoms with Gasteiger partial charge >= 0.3 is 0 Å². The Hall–Kier alpha value is -3.04. The molecule has 3 rings (SSSR count). The maximum absolute atomic E-state index is 13.3. The Balaban J connectivity index is 1.45. The summed E-state index contributed by atoms with van der Waals surface area (Å²) in [5.41, 5.74) is 2.09. The summed E-state index contributed by atoms with van der Waals surface area (Å²) in [6.45, 7) is 2.11. The van der Waals surface area contributed by atoms with Gasteiger partial charge in [0.05, 0.1) is 11.6 Å². The van der Waals surface area contributed by atoms with E-state index in [0.717, 1.165) is 43.1 Å². The van der Waals surface area contributed by atoms with Crippen LogP contribution in [0, 0.1) is 23.0 Å². The Morgan fingerprint density at radius 2 is 1.96 bits per heavy atom. The van der Waals surface area contributed by atoms with Gasteiger partial charge < -0.3 is 5.32 Å². The average molecular weight is 381 g/mol. The minimum atomic E-state index is -0.836. The largest absolute Gasteiger partial charge is 0.350 e. The Bertz CT molecular complexity index is 912. The molecule has 0 aliphatic carbocycles. The smallest absolute Gasteiger partial charge is 0.244 e. The number of rotatable bonds is 5. The second-order valence-electron chi connectivity index (χ2n) is 6.88. The first-order valence-corrected chi connectivity index (χ1v) is 9.18. The van der Waals surface area contributed by atoms with Crippen molar-refractivity contribution in [1.82, 2.24) is 10.2 Å². The molecule has 144 valence electrons. The summed E-state index contributed by atoms with van der Waals surface area (Å²) in [7, 11) is 0. The SMILES string of the molecule is N#Cc1cccc(C=CC(=O)NC2CCN(Cc3ccc(F)c(F)c3)CC2)c1. The van der Waals surface area contributed by atoms with Crippen molar-refractivity contribution in [3.8, 4) is 6.07 Å². The van der Waals surface area contributed by atoms with Crippen molar-refractivity contribution in [2.24, 2.45) is 0 Å². The number of amides is 1. The molecule has 1 aliphatic heterocycles. The van der Waals surface area contributed by atoms with E-state index < -0.39 is 11.6 Å². The molecule has 0 bridgehead atoms. The van der Waals surface area contributed by atoms with Crippen LogP contribution in [0.4, 0.5) is 8.78 Å². The van der Waals surface area contributed by atoms with Gasteiger partial charge in [-0.2, -0.15) is 5.26 Å². The van der Waals surface area contributed by atoms with E-state index in [9.17, 15) is 13.6 Å². The number of piperidine rings is 1. The van der Waals surface area contributed by atoms with Crippen LogP contribution in [0.1, 0.15) is 29.5 Å². The number of benzene rings is 2. The molecule has 2 aromatic rings. The van der Waals surface area contributed by atoms with E-state index in [2.05, 4.69) is 16.3 Å². The lowest BCUT2D eigenvalue weighted by molar-refractivity contribution is -0.117. The fraction of sp³-hybridized carbons (Fsp3) is 0.273. The van der Waals surface area contributed by atoms with E-state index in [1.54, 1.807) is 30.3 Å². The third-order valence-electron chi connectivity index (χ3n) is 4.77. The van der Waals surface area contributed by atoms with Crippen molar-refractivity contribution < 1.29 is 13.6 Å². The maximum Gasteiger partial charge on any atom is 0.244 e. The molecule has 4 nitrogen and oxygen atoms in total. The maximum atomic E-state index is 13.3. The van der Waals surface area contributed by atoms with E-state index in [1.807, 2.05) is 6.07 Å². The zero-order chi connectivity index (χ0) is 19.9. The van der Waals surface area contributed by atoms with Gasteiger partial charge in [0.2, 0.25) is 5.91 Å². The van der Waals surface area contributed by atoms with Crippen molar-refractivity contribution >= 4 is 12.0 Å². The molecule has 1 amide bonds. The molecule has 1 aliphatic rings. The molecule has 2 aromatic carbocycles. The van der Waals surface area contributed by atoms with Crippen molar-refractivity contribution in [3.63, 3.8) is 0 Å². The number of nitriles is 1. The van der Waals surface area contributed by atoms with E-state index in [1.165, 1.54) is 12.1 Å². The first-order valence-electron chi connectivity index (χ1n) is 9.18. The van der Waals surface area contributed by atoms with Crippen LogP contribution in [0.2, 0.25) is 0 Å². The van der Waals surface area contributed by atoms with Gasteiger partial charge in [0.25, 0.3) is 0 Å². The van der Waals surface area contributed by atoms with Crippen molar-refractivity contribution in [1.29, 1.82) is 5.26 Å². The van der Waals surface area contributed by atoms with Crippen LogP contribution < -0.4 is 5.32 Å². The second-order valence-corrected chi connectivity index (χ2v) is 6.88. The van der Waals surface area contributed by atoms with Crippen LogP contribution in [0.25, 0.3) is 6.08 Å². The van der Waals surface area contributed by atoms with Crippen molar-refractivity contribution in [3.05, 3.63) is 76.9 Å². The van der Waals surface area contributed by atoms with Gasteiger partial charge in [0, 0.05) is 31.8 Å². The topological polar surface area (TPSA) is 56.1 Å². The number of nitrogens with one attached hydrogen (secondary N) is 1. The third-order valence-corrected chi connectivity index (χ3v) is 4.77. The molecule has 0 unspecified atom stereocenters. The summed E-state index contributed by atoms with van der Waals surface area (Å²) in [5.74, 6) is -1.83. The molecule has 1 fully saturated rings. The predicted octanol–water partition coefficient (Wildman–Crippen LogP) is 3.63. The lowest BCUT2D eigenvalue weighted by atomic mass is 10.0. The molecule has 0 aromatic heterocycles. The van der Waals surface area contributed by atoms with Crippen LogP contribution in [-0.2, 0) is 11.3 Å². The second kappa shape index (κ2) is 9.25. The van der Waals surface area contributed by atoms with Crippen LogP contribution in [0.5, 0.6) is 0 Å². The fourth-order valence-corrected chi connectivity index (χ4v) is 3.26. The van der Waals surface area contributed by atoms with Gasteiger partial charge in [0.15, 0.2) is 11.6 Å². The zero-order valence-corrected chi connectivity index (χ0v) is 15.4. The molecule has 0 spiro atoms. The summed E-state index contributed by atoms with van der Waals surface area (Å²) < 4.78 is 26.3. The normalized spacial score (nSPS) is 15.5. The number of likely N-dealkylation sites (tertiary alicyclic amines) is 1. The molecule has 1 N–H and O–H groups in total. The highest BCUT2D eigenvalue weighted by Crippen LogP contribution is 2.16. The van der Waals surface area contributed by atoms with Gasteiger partial charge in [-0.15, -0.1) is 0 Å². The number of halogens is 2. The first-order chi connectivity index (χ1) is 13.5. The minimum Gasteiger partial charge on any atom is -0.350 e. The molecule has 1 heterocycles. The number of nitrogens with zero attached hydrogens (tertiary/aromatic N) is 2. The quantitative estimate of drug-likeness (QED) is 0.805. The van der Waals surface area contributed by atoms with Crippen molar-refractivity contribution in [2.45, 2.75) is 25.4 Å². The number of hydrogen-bond donors (Lipinski definition) is 1. The number of carbonyl (C=O) groups excluding carboxylic acids is 1. The highest BCUT2D eigenvalue weighted by molar-refractivity contribution is 5.91. The molecule has 0 saturated carbocycles. The predicted molar refractivity (Wildman–Crippen MR) is 103 cm³/mol. The Morgan fingerprint density at radius 3 is 2.68 bits per heavy atom. The lowest BCUT2D eigenvalue weighted by Gasteiger charge is -2.32. The highest BCUT2D eigenvalue weighted by Gasteiger charge is 2.20. The zero-order valence-electron chi connectivity index (χ0n) is 15.4. The van der Waals surface area contributed by atoms with E-state index >= 15 is 0 Å². The first kappa shape index (κ1) is 19.7. The highest BCUT2D eigenvalue weighted by atomic mass is 19.2. The lowest BCUT2D eigenvalue weighted by Crippen LogP contribution is -2.43. The van der Waals surface area contributed by atoms with Crippen LogP contribution in [0.3, 0.4) is 0 Å². The Kier molecular flexibility index (Phi) is 6.51. The summed E-state index contributed by atoms with van der Waals surface area (Å²) in [5, 5.41) is 11.9. The molecular weight excluding hydrogens is 360 g/mol. The van der Waals surface area contributed by atoms with Crippen LogP contribution in [0.15, 0.2) is 48.5 Å². The molecular formula is C22H21F2N3O. The summed E-state index contributed by atoms with van der Waals surface area (Å²) in [6, 6.07) is 13.2. The van der Waals surface area contributed by atoms with Gasteiger partial charge in [-0.05, 0) is 54.3 Å². The van der Waals surface area contributed by atoms with Gasteiger partial charge in [-0.1, -0.05) is 18.2 Å². The average Bonchev–Trinajstić information content (AvgIpc) is 2.71. The number of hydrogen-bond acceptors (Lipinski definition) is 3. The Morgan fingerprint density at radius 1 is 1.18 bits per heavy atom. The van der Waals surface area contributed by atoms with E-state index in [-0.39, 0.29) is 11.9 Å². The van der Waals surface area contributed by atoms with Crippen LogP contribution >= 0.6 is 0 Å². The molecule has 6 heteroatoms. The summed E-state index contributed by atoms with van der Waals surface area (Å²) in [4.78, 5) is 14.3. The fourth-order valence-electron chi connectivity index (χ4n) is 3.26. The molecule has 28 heavy (non-hydrogen) atoms. The minimum absolute atomic E-state index is 0.0868. The van der Waals surface area contributed by atoms with Gasteiger partial charge in [0.1, 0.15) is 0 Å². The summed E-state index contributed by atoms with van der Waals surface area (Å²) in [6.07, 6.45) is 4.76. The third kappa shape index (κ3) is 5.48. The molecule has 0 atom stereocenters. The van der Waals surface area contributed by atoms with Crippen LogP contribution in [-0.4, -0.2) is 29.9 Å². The standard InChI is InChI=1S/C22H21F2N3O/c23-20-6-4-18(13-21(20)24)15-27-10-8-19(9-11-27)26-22(28)7-5-16-2-1-3-17(12-16)14-25/h1-7,12-13,19H,8-11,15H2,(H,26,28). The monoisotopic (exact) mass is 381 g/mol. The number of carbonyl (C=O) groups is 1. The molecule has 1 saturated heterocycles. The van der Waals surface area contributed by atoms with E-state index in [0.29, 0.717) is 12.1 Å².